The number of hydrogen-bond donors (Lipinski definition) is 1. The predicted octanol–water partition coefficient (Wildman–Crippen LogP) is 2.37. The van der Waals surface area contributed by atoms with Gasteiger partial charge in [-0.15, -0.1) is 0 Å². The van der Waals surface area contributed by atoms with Crippen LogP contribution in [0.5, 0.6) is 0 Å². The van der Waals surface area contributed by atoms with Gasteiger partial charge in [0.25, 0.3) is 0 Å². The molecule has 0 aromatic carbocycles. The number of amides is 1. The van der Waals surface area contributed by atoms with Crippen molar-refractivity contribution in [3.8, 4) is 0 Å². The number of halogens is 1. The molecule has 122 valence electrons. The van der Waals surface area contributed by atoms with E-state index in [0.29, 0.717) is 5.02 Å². The van der Waals surface area contributed by atoms with Gasteiger partial charge in [-0.1, -0.05) is 24.4 Å². The van der Waals surface area contributed by atoms with Crippen molar-refractivity contribution in [1.29, 1.82) is 0 Å². The van der Waals surface area contributed by atoms with E-state index in [9.17, 15) is 4.79 Å². The molecule has 1 saturated heterocycles. The second kappa shape index (κ2) is 6.59. The summed E-state index contributed by atoms with van der Waals surface area (Å²) in [5, 5.41) is 7.98. The van der Waals surface area contributed by atoms with Crippen molar-refractivity contribution in [2.75, 3.05) is 19.6 Å². The molecule has 6 heteroatoms. The summed E-state index contributed by atoms with van der Waals surface area (Å²) in [6, 6.07) is 0. The number of aromatic nitrogens is 2. The van der Waals surface area contributed by atoms with E-state index in [1.54, 1.807) is 10.9 Å². The van der Waals surface area contributed by atoms with Crippen molar-refractivity contribution in [1.82, 2.24) is 20.0 Å². The van der Waals surface area contributed by atoms with E-state index >= 15 is 0 Å². The highest BCUT2D eigenvalue weighted by Crippen LogP contribution is 2.36. The minimum Gasteiger partial charge on any atom is -0.353 e. The van der Waals surface area contributed by atoms with Crippen LogP contribution in [0.3, 0.4) is 0 Å². The van der Waals surface area contributed by atoms with Gasteiger partial charge in [-0.2, -0.15) is 5.10 Å². The average molecular weight is 325 g/mol. The summed E-state index contributed by atoms with van der Waals surface area (Å²) in [6.45, 7) is 5.22. The van der Waals surface area contributed by atoms with Crippen molar-refractivity contribution >= 4 is 17.5 Å². The van der Waals surface area contributed by atoms with Crippen molar-refractivity contribution in [2.24, 2.45) is 0 Å². The third kappa shape index (κ3) is 3.30. The third-order valence-electron chi connectivity index (χ3n) is 5.12. The van der Waals surface area contributed by atoms with Gasteiger partial charge in [0.05, 0.1) is 10.7 Å². The zero-order valence-electron chi connectivity index (χ0n) is 13.3. The van der Waals surface area contributed by atoms with Crippen LogP contribution in [0, 0.1) is 6.92 Å². The molecule has 1 aromatic rings. The maximum absolute atomic E-state index is 12.2. The fourth-order valence-electron chi connectivity index (χ4n) is 3.87. The van der Waals surface area contributed by atoms with Gasteiger partial charge < -0.3 is 5.32 Å². The maximum Gasteiger partial charge on any atom is 0.241 e. The molecule has 0 atom stereocenters. The second-order valence-electron chi connectivity index (χ2n) is 6.66. The number of carbonyl (C=O) groups is 1. The van der Waals surface area contributed by atoms with E-state index in [-0.39, 0.29) is 18.0 Å². The number of aryl methyl sites for hydroxylation is 1. The lowest BCUT2D eigenvalue weighted by molar-refractivity contribution is -0.122. The quantitative estimate of drug-likeness (QED) is 0.904. The van der Waals surface area contributed by atoms with Gasteiger partial charge in [-0.05, 0) is 45.7 Å². The third-order valence-corrected chi connectivity index (χ3v) is 5.49. The molecule has 0 radical (unpaired) electrons. The maximum atomic E-state index is 12.2. The zero-order chi connectivity index (χ0) is 15.6. The van der Waals surface area contributed by atoms with Crippen molar-refractivity contribution in [3.05, 3.63) is 16.9 Å². The Hall–Kier alpha value is -1.07. The highest BCUT2D eigenvalue weighted by Gasteiger charge is 2.40. The molecule has 1 aliphatic carbocycles. The summed E-state index contributed by atoms with van der Waals surface area (Å²) in [5.74, 6) is 0.0182. The number of likely N-dealkylation sites (tertiary alicyclic amines) is 1. The average Bonchev–Trinajstić information content (AvgIpc) is 3.20. The first-order chi connectivity index (χ1) is 10.6. The van der Waals surface area contributed by atoms with E-state index in [1.807, 2.05) is 6.92 Å². The number of rotatable bonds is 5. The molecule has 0 unspecified atom stereocenters. The SMILES string of the molecule is Cc1nn(CC(=O)NCC2(N3CCCC3)CCCC2)cc1Cl. The van der Waals surface area contributed by atoms with Crippen LogP contribution in [0.2, 0.25) is 5.02 Å². The molecule has 1 amide bonds. The Morgan fingerprint density at radius 1 is 1.32 bits per heavy atom. The molecule has 5 nitrogen and oxygen atoms in total. The standard InChI is InChI=1S/C16H25ClN4O/c1-13-14(17)10-21(19-13)11-15(22)18-12-16(6-2-3-7-16)20-8-4-5-9-20/h10H,2-9,11-12H2,1H3,(H,18,22). The lowest BCUT2D eigenvalue weighted by Crippen LogP contribution is -2.53. The minimum absolute atomic E-state index is 0.0182. The largest absolute Gasteiger partial charge is 0.353 e. The van der Waals surface area contributed by atoms with Crippen LogP contribution in [0.15, 0.2) is 6.20 Å². The Morgan fingerprint density at radius 2 is 2.00 bits per heavy atom. The Morgan fingerprint density at radius 3 is 2.59 bits per heavy atom. The first-order valence-corrected chi connectivity index (χ1v) is 8.68. The molecule has 1 N–H and O–H groups in total. The van der Waals surface area contributed by atoms with Gasteiger partial charge in [0, 0.05) is 18.3 Å². The summed E-state index contributed by atoms with van der Waals surface area (Å²) < 4.78 is 1.62. The normalized spacial score (nSPS) is 21.4. The van der Waals surface area contributed by atoms with Gasteiger partial charge in [0.1, 0.15) is 6.54 Å². The summed E-state index contributed by atoms with van der Waals surface area (Å²) in [4.78, 5) is 14.8. The van der Waals surface area contributed by atoms with E-state index in [1.165, 1.54) is 51.6 Å². The zero-order valence-corrected chi connectivity index (χ0v) is 14.0. The monoisotopic (exact) mass is 324 g/mol. The van der Waals surface area contributed by atoms with Crippen LogP contribution in [-0.4, -0.2) is 45.8 Å². The van der Waals surface area contributed by atoms with E-state index in [0.717, 1.165) is 12.2 Å². The van der Waals surface area contributed by atoms with E-state index < -0.39 is 0 Å². The number of nitrogens with zero attached hydrogens (tertiary/aromatic N) is 3. The van der Waals surface area contributed by atoms with E-state index in [2.05, 4.69) is 15.3 Å². The Bertz CT molecular complexity index is 511. The molecule has 0 spiro atoms. The lowest BCUT2D eigenvalue weighted by Gasteiger charge is -2.39. The van der Waals surface area contributed by atoms with Crippen molar-refractivity contribution in [2.45, 2.75) is 57.5 Å². The molecule has 22 heavy (non-hydrogen) atoms. The first kappa shape index (κ1) is 15.8. The van der Waals surface area contributed by atoms with Gasteiger partial charge in [0.2, 0.25) is 5.91 Å². The van der Waals surface area contributed by atoms with Crippen LogP contribution >= 0.6 is 11.6 Å². The molecule has 3 rings (SSSR count). The van der Waals surface area contributed by atoms with Crippen LogP contribution in [-0.2, 0) is 11.3 Å². The summed E-state index contributed by atoms with van der Waals surface area (Å²) in [5.41, 5.74) is 0.961. The lowest BCUT2D eigenvalue weighted by atomic mass is 9.95. The minimum atomic E-state index is 0.0182. The highest BCUT2D eigenvalue weighted by atomic mass is 35.5. The van der Waals surface area contributed by atoms with Crippen molar-refractivity contribution < 1.29 is 4.79 Å². The molecule has 2 heterocycles. The second-order valence-corrected chi connectivity index (χ2v) is 7.07. The molecule has 2 aliphatic rings. The van der Waals surface area contributed by atoms with Crippen LogP contribution in [0.4, 0.5) is 0 Å². The Kier molecular flexibility index (Phi) is 4.73. The molecule has 2 fully saturated rings. The van der Waals surface area contributed by atoms with Crippen molar-refractivity contribution in [3.63, 3.8) is 0 Å². The van der Waals surface area contributed by atoms with Gasteiger partial charge >= 0.3 is 0 Å². The summed E-state index contributed by atoms with van der Waals surface area (Å²) in [6.07, 6.45) is 9.27. The molecule has 1 saturated carbocycles. The van der Waals surface area contributed by atoms with Gasteiger partial charge in [-0.25, -0.2) is 0 Å². The number of hydrogen-bond acceptors (Lipinski definition) is 3. The van der Waals surface area contributed by atoms with Crippen LogP contribution < -0.4 is 5.32 Å². The molecule has 1 aromatic heterocycles. The predicted molar refractivity (Wildman–Crippen MR) is 87.0 cm³/mol. The first-order valence-electron chi connectivity index (χ1n) is 8.30. The van der Waals surface area contributed by atoms with Gasteiger partial charge in [-0.3, -0.25) is 14.4 Å². The Labute approximate surface area is 137 Å². The summed E-state index contributed by atoms with van der Waals surface area (Å²) >= 11 is 5.98. The number of nitrogens with one attached hydrogen (secondary N) is 1. The molecular weight excluding hydrogens is 300 g/mol. The topological polar surface area (TPSA) is 50.2 Å². The molecule has 0 bridgehead atoms. The van der Waals surface area contributed by atoms with E-state index in [4.69, 9.17) is 11.6 Å². The molecular formula is C16H25ClN4O. The van der Waals surface area contributed by atoms with Crippen LogP contribution in [0.1, 0.15) is 44.2 Å². The van der Waals surface area contributed by atoms with Crippen LogP contribution in [0.25, 0.3) is 0 Å². The number of carbonyl (C=O) groups excluding carboxylic acids is 1. The highest BCUT2D eigenvalue weighted by molar-refractivity contribution is 6.31. The molecule has 1 aliphatic heterocycles. The Balaban J connectivity index is 1.56. The smallest absolute Gasteiger partial charge is 0.241 e. The summed E-state index contributed by atoms with van der Waals surface area (Å²) in [7, 11) is 0. The fraction of sp³-hybridized carbons (Fsp3) is 0.750. The van der Waals surface area contributed by atoms with Gasteiger partial charge in [0.15, 0.2) is 0 Å². The fourth-order valence-corrected chi connectivity index (χ4v) is 4.02.